The third-order valence-corrected chi connectivity index (χ3v) is 5.97. The minimum atomic E-state index is -0.694. The van der Waals surface area contributed by atoms with E-state index in [9.17, 15) is 4.21 Å². The Labute approximate surface area is 114 Å². The Bertz CT molecular complexity index is 298. The lowest BCUT2D eigenvalue weighted by atomic mass is 9.95. The predicted octanol–water partition coefficient (Wildman–Crippen LogP) is 1.70. The van der Waals surface area contributed by atoms with Gasteiger partial charge in [0.05, 0.1) is 0 Å². The van der Waals surface area contributed by atoms with Crippen molar-refractivity contribution in [3.63, 3.8) is 0 Å². The highest BCUT2D eigenvalue weighted by atomic mass is 32.2. The van der Waals surface area contributed by atoms with Crippen LogP contribution < -0.4 is 0 Å². The van der Waals surface area contributed by atoms with Crippen LogP contribution in [-0.4, -0.2) is 63.8 Å². The van der Waals surface area contributed by atoms with Crippen LogP contribution in [0.3, 0.4) is 0 Å². The van der Waals surface area contributed by atoms with E-state index in [4.69, 9.17) is 0 Å². The number of rotatable bonds is 4. The molecule has 0 amide bonds. The zero-order valence-electron chi connectivity index (χ0n) is 12.1. The second-order valence-corrected chi connectivity index (χ2v) is 7.77. The van der Waals surface area contributed by atoms with Crippen molar-refractivity contribution < 1.29 is 4.21 Å². The maximum Gasteiger partial charge on any atom is 0.0444 e. The Morgan fingerprint density at radius 3 is 2.78 bits per heavy atom. The largest absolute Gasteiger partial charge is 0.298 e. The van der Waals surface area contributed by atoms with Crippen molar-refractivity contribution in [2.24, 2.45) is 0 Å². The first-order chi connectivity index (χ1) is 8.61. The van der Waals surface area contributed by atoms with Crippen LogP contribution in [0, 0.1) is 0 Å². The van der Waals surface area contributed by atoms with Crippen molar-refractivity contribution in [1.29, 1.82) is 0 Å². The molecule has 2 saturated heterocycles. The molecule has 2 heterocycles. The summed E-state index contributed by atoms with van der Waals surface area (Å²) in [6.07, 6.45) is 7.18. The van der Waals surface area contributed by atoms with Gasteiger partial charge in [0.2, 0.25) is 0 Å². The molecular formula is C14H28N2OS. The highest BCUT2D eigenvalue weighted by molar-refractivity contribution is 7.84. The first kappa shape index (κ1) is 14.5. The fraction of sp³-hybridized carbons (Fsp3) is 1.00. The number of nitrogens with zero attached hydrogens (tertiary/aromatic N) is 2. The molecule has 0 bridgehead atoms. The second-order valence-electron chi connectivity index (χ2n) is 5.97. The maximum absolute atomic E-state index is 11.6. The predicted molar refractivity (Wildman–Crippen MR) is 78.4 cm³/mol. The van der Waals surface area contributed by atoms with Gasteiger partial charge in [0.15, 0.2) is 0 Å². The van der Waals surface area contributed by atoms with E-state index in [1.165, 1.54) is 45.3 Å². The molecule has 4 unspecified atom stereocenters. The fourth-order valence-corrected chi connectivity index (χ4v) is 3.76. The Morgan fingerprint density at radius 1 is 1.33 bits per heavy atom. The molecule has 2 aliphatic rings. The lowest BCUT2D eigenvalue weighted by Gasteiger charge is -2.48. The summed E-state index contributed by atoms with van der Waals surface area (Å²) >= 11 is 0. The van der Waals surface area contributed by atoms with Crippen LogP contribution in [0.1, 0.15) is 39.5 Å². The van der Waals surface area contributed by atoms with E-state index in [1.807, 2.05) is 6.26 Å². The van der Waals surface area contributed by atoms with Crippen LogP contribution in [0.25, 0.3) is 0 Å². The molecule has 4 atom stereocenters. The van der Waals surface area contributed by atoms with Gasteiger partial charge >= 0.3 is 0 Å². The van der Waals surface area contributed by atoms with Gasteiger partial charge in [-0.15, -0.1) is 0 Å². The van der Waals surface area contributed by atoms with Crippen LogP contribution in [-0.2, 0) is 10.8 Å². The lowest BCUT2D eigenvalue weighted by molar-refractivity contribution is 0.00835. The molecular weight excluding hydrogens is 244 g/mol. The van der Waals surface area contributed by atoms with Crippen LogP contribution in [0.4, 0.5) is 0 Å². The summed E-state index contributed by atoms with van der Waals surface area (Å²) in [7, 11) is -0.694. The van der Waals surface area contributed by atoms with E-state index in [1.54, 1.807) is 0 Å². The zero-order chi connectivity index (χ0) is 13.1. The Morgan fingerprint density at radius 2 is 2.11 bits per heavy atom. The van der Waals surface area contributed by atoms with Crippen LogP contribution >= 0.6 is 0 Å². The summed E-state index contributed by atoms with van der Waals surface area (Å²) in [5.41, 5.74) is 0. The van der Waals surface area contributed by atoms with E-state index < -0.39 is 10.8 Å². The summed E-state index contributed by atoms with van der Waals surface area (Å²) < 4.78 is 11.6. The van der Waals surface area contributed by atoms with Gasteiger partial charge < -0.3 is 0 Å². The quantitative estimate of drug-likeness (QED) is 0.778. The van der Waals surface area contributed by atoms with Crippen molar-refractivity contribution in [3.05, 3.63) is 0 Å². The van der Waals surface area contributed by atoms with Crippen molar-refractivity contribution in [2.45, 2.75) is 56.9 Å². The van der Waals surface area contributed by atoms with Gasteiger partial charge in [0.1, 0.15) is 0 Å². The van der Waals surface area contributed by atoms with E-state index in [0.29, 0.717) is 11.3 Å². The van der Waals surface area contributed by atoms with E-state index in [0.717, 1.165) is 12.6 Å². The molecule has 0 aromatic heterocycles. The number of piperidine rings is 1. The summed E-state index contributed by atoms with van der Waals surface area (Å²) in [6.45, 7) is 9.13. The lowest BCUT2D eigenvalue weighted by Crippen LogP contribution is -2.60. The smallest absolute Gasteiger partial charge is 0.0444 e. The molecule has 2 aliphatic heterocycles. The normalized spacial score (nSPS) is 33.9. The highest BCUT2D eigenvalue weighted by Gasteiger charge is 2.34. The summed E-state index contributed by atoms with van der Waals surface area (Å²) in [5, 5.41) is 0.300. The van der Waals surface area contributed by atoms with Crippen molar-refractivity contribution >= 4 is 10.8 Å². The molecule has 0 aromatic carbocycles. The summed E-state index contributed by atoms with van der Waals surface area (Å²) in [4.78, 5) is 5.31. The molecule has 18 heavy (non-hydrogen) atoms. The molecule has 0 aromatic rings. The third kappa shape index (κ3) is 3.34. The fourth-order valence-electron chi connectivity index (χ4n) is 3.36. The SMILES string of the molecule is CCC1CN2CCCCC2CN1CC(C)S(C)=O. The molecule has 0 saturated carbocycles. The number of fused-ring (bicyclic) bond motifs is 1. The van der Waals surface area contributed by atoms with Gasteiger partial charge in [-0.2, -0.15) is 0 Å². The van der Waals surface area contributed by atoms with Crippen LogP contribution in [0.2, 0.25) is 0 Å². The Kier molecular flexibility index (Phi) is 5.22. The zero-order valence-corrected chi connectivity index (χ0v) is 12.9. The second kappa shape index (κ2) is 6.49. The first-order valence-electron chi connectivity index (χ1n) is 7.42. The molecule has 2 rings (SSSR count). The van der Waals surface area contributed by atoms with E-state index in [2.05, 4.69) is 23.6 Å². The molecule has 3 nitrogen and oxygen atoms in total. The molecule has 2 fully saturated rings. The molecule has 0 radical (unpaired) electrons. The van der Waals surface area contributed by atoms with Gasteiger partial charge in [-0.3, -0.25) is 14.0 Å². The molecule has 0 spiro atoms. The molecule has 0 aliphatic carbocycles. The van der Waals surface area contributed by atoms with E-state index in [-0.39, 0.29) is 0 Å². The van der Waals surface area contributed by atoms with Crippen LogP contribution in [0.5, 0.6) is 0 Å². The number of hydrogen-bond acceptors (Lipinski definition) is 3. The van der Waals surface area contributed by atoms with Gasteiger partial charge in [-0.1, -0.05) is 13.3 Å². The molecule has 0 N–H and O–H groups in total. The topological polar surface area (TPSA) is 23.6 Å². The van der Waals surface area contributed by atoms with Gasteiger partial charge in [0, 0.05) is 54.0 Å². The molecule has 106 valence electrons. The summed E-state index contributed by atoms with van der Waals surface area (Å²) in [6, 6.07) is 1.43. The monoisotopic (exact) mass is 272 g/mol. The third-order valence-electron chi connectivity index (χ3n) is 4.69. The maximum atomic E-state index is 11.6. The van der Waals surface area contributed by atoms with Gasteiger partial charge in [0.25, 0.3) is 0 Å². The average Bonchev–Trinajstić information content (AvgIpc) is 2.37. The number of hydrogen-bond donors (Lipinski definition) is 0. The van der Waals surface area contributed by atoms with E-state index >= 15 is 0 Å². The average molecular weight is 272 g/mol. The minimum Gasteiger partial charge on any atom is -0.298 e. The minimum absolute atomic E-state index is 0.300. The van der Waals surface area contributed by atoms with Gasteiger partial charge in [-0.25, -0.2) is 0 Å². The van der Waals surface area contributed by atoms with Crippen molar-refractivity contribution in [2.75, 3.05) is 32.4 Å². The number of piperazine rings is 1. The van der Waals surface area contributed by atoms with Crippen LogP contribution in [0.15, 0.2) is 0 Å². The Hall–Kier alpha value is 0.0700. The highest BCUT2D eigenvalue weighted by Crippen LogP contribution is 2.25. The standard InChI is InChI=1S/C14H28N2OS/c1-4-13-10-15-8-6-5-7-14(15)11-16(13)9-12(2)18(3)17/h12-14H,4-11H2,1-3H3. The van der Waals surface area contributed by atoms with Gasteiger partial charge in [-0.05, 0) is 32.7 Å². The van der Waals surface area contributed by atoms with Crippen molar-refractivity contribution in [1.82, 2.24) is 9.80 Å². The Balaban J connectivity index is 1.97. The molecule has 4 heteroatoms. The summed E-state index contributed by atoms with van der Waals surface area (Å²) in [5.74, 6) is 0. The first-order valence-corrected chi connectivity index (χ1v) is 9.04. The van der Waals surface area contributed by atoms with Crippen molar-refractivity contribution in [3.8, 4) is 0 Å².